The van der Waals surface area contributed by atoms with Crippen LogP contribution in [0.4, 0.5) is 0 Å². The fourth-order valence-corrected chi connectivity index (χ4v) is 1.67. The van der Waals surface area contributed by atoms with Gasteiger partial charge in [0.05, 0.1) is 0 Å². The molecule has 0 aromatic heterocycles. The van der Waals surface area contributed by atoms with Crippen LogP contribution in [0, 0.1) is 20.8 Å². The minimum Gasteiger partial charge on any atom is -0.327 e. The number of hydrogen-bond acceptors (Lipinski definition) is 1. The van der Waals surface area contributed by atoms with Gasteiger partial charge in [0.25, 0.3) is 0 Å². The number of hydrogen-bond donors (Lipinski definition) is 1. The minimum atomic E-state index is 0.609. The van der Waals surface area contributed by atoms with E-state index in [-0.39, 0.29) is 0 Å². The van der Waals surface area contributed by atoms with Crippen molar-refractivity contribution in [3.63, 3.8) is 0 Å². The molecule has 0 amide bonds. The second kappa shape index (κ2) is 4.43. The summed E-state index contributed by atoms with van der Waals surface area (Å²) >= 11 is 0. The average molecular weight is 189 g/mol. The molecule has 0 unspecified atom stereocenters. The molecule has 76 valence electrons. The summed E-state index contributed by atoms with van der Waals surface area (Å²) in [5, 5.41) is 0. The molecule has 1 aromatic rings. The van der Waals surface area contributed by atoms with Gasteiger partial charge < -0.3 is 5.73 Å². The van der Waals surface area contributed by atoms with Crippen LogP contribution >= 0.6 is 0 Å². The maximum atomic E-state index is 5.51. The predicted octanol–water partition coefficient (Wildman–Crippen LogP) is 2.97. The van der Waals surface area contributed by atoms with Gasteiger partial charge in [-0.05, 0) is 55.5 Å². The number of nitrogens with two attached hydrogens (primary N) is 1. The van der Waals surface area contributed by atoms with Crippen molar-refractivity contribution in [2.24, 2.45) is 5.73 Å². The Labute approximate surface area is 86.6 Å². The summed E-state index contributed by atoms with van der Waals surface area (Å²) in [6, 6.07) is 4.35. The molecule has 0 heterocycles. The molecule has 0 spiro atoms. The lowest BCUT2D eigenvalue weighted by Gasteiger charge is -2.11. The highest BCUT2D eigenvalue weighted by Crippen LogP contribution is 2.23. The van der Waals surface area contributed by atoms with Gasteiger partial charge in [-0.15, -0.1) is 0 Å². The van der Waals surface area contributed by atoms with E-state index in [4.69, 9.17) is 5.73 Å². The van der Waals surface area contributed by atoms with E-state index in [2.05, 4.69) is 45.9 Å². The van der Waals surface area contributed by atoms with Crippen molar-refractivity contribution in [1.82, 2.24) is 0 Å². The van der Waals surface area contributed by atoms with Crippen LogP contribution < -0.4 is 5.73 Å². The summed E-state index contributed by atoms with van der Waals surface area (Å²) in [5.41, 5.74) is 12.2. The number of rotatable bonds is 2. The third-order valence-corrected chi connectivity index (χ3v) is 2.91. The normalized spacial score (nSPS) is 11.9. The molecule has 14 heavy (non-hydrogen) atoms. The second-order valence-electron chi connectivity index (χ2n) is 3.80. The second-order valence-corrected chi connectivity index (χ2v) is 3.80. The van der Waals surface area contributed by atoms with Gasteiger partial charge in [-0.3, -0.25) is 0 Å². The number of benzene rings is 1. The predicted molar refractivity (Wildman–Crippen MR) is 63.4 cm³/mol. The van der Waals surface area contributed by atoms with Crippen molar-refractivity contribution in [3.8, 4) is 0 Å². The summed E-state index contributed by atoms with van der Waals surface area (Å²) in [7, 11) is 0. The third kappa shape index (κ3) is 2.05. The molecule has 2 N–H and O–H groups in total. The van der Waals surface area contributed by atoms with Crippen LogP contribution in [-0.2, 0) is 0 Å². The van der Waals surface area contributed by atoms with Gasteiger partial charge in [0.1, 0.15) is 0 Å². The Bertz CT molecular complexity index is 362. The lowest BCUT2D eigenvalue weighted by molar-refractivity contribution is 1.22. The molecular weight excluding hydrogens is 170 g/mol. The molecule has 0 bridgehead atoms. The largest absolute Gasteiger partial charge is 0.327 e. The Morgan fingerprint density at radius 1 is 1.21 bits per heavy atom. The molecule has 0 saturated heterocycles. The van der Waals surface area contributed by atoms with Crippen molar-refractivity contribution in [2.75, 3.05) is 6.54 Å². The first kappa shape index (κ1) is 11.0. The summed E-state index contributed by atoms with van der Waals surface area (Å²) < 4.78 is 0. The first-order valence-electron chi connectivity index (χ1n) is 5.02. The van der Waals surface area contributed by atoms with Crippen molar-refractivity contribution in [1.29, 1.82) is 0 Å². The van der Waals surface area contributed by atoms with Crippen molar-refractivity contribution in [3.05, 3.63) is 40.5 Å². The van der Waals surface area contributed by atoms with E-state index in [1.54, 1.807) is 0 Å². The van der Waals surface area contributed by atoms with Gasteiger partial charge in [-0.25, -0.2) is 0 Å². The SMILES string of the molecule is C/C(=C/CN)c1ccc(C)c(C)c1C. The highest BCUT2D eigenvalue weighted by molar-refractivity contribution is 5.68. The van der Waals surface area contributed by atoms with E-state index in [9.17, 15) is 0 Å². The standard InChI is InChI=1S/C13H19N/c1-9-5-6-13(10(2)7-8-14)12(4)11(9)3/h5-7H,8,14H2,1-4H3/b10-7-. The molecule has 0 aliphatic rings. The Kier molecular flexibility index (Phi) is 3.48. The quantitative estimate of drug-likeness (QED) is 0.760. The average Bonchev–Trinajstić information content (AvgIpc) is 2.15. The Morgan fingerprint density at radius 3 is 2.43 bits per heavy atom. The van der Waals surface area contributed by atoms with Gasteiger partial charge in [-0.1, -0.05) is 18.2 Å². The molecule has 1 heteroatoms. The lowest BCUT2D eigenvalue weighted by Crippen LogP contribution is -1.97. The Morgan fingerprint density at radius 2 is 1.86 bits per heavy atom. The summed E-state index contributed by atoms with van der Waals surface area (Å²) in [6.07, 6.45) is 2.07. The van der Waals surface area contributed by atoms with Gasteiger partial charge in [0.2, 0.25) is 0 Å². The molecule has 0 saturated carbocycles. The molecule has 0 atom stereocenters. The van der Waals surface area contributed by atoms with Crippen LogP contribution in [0.3, 0.4) is 0 Å². The van der Waals surface area contributed by atoms with Gasteiger partial charge in [0.15, 0.2) is 0 Å². The zero-order valence-electron chi connectivity index (χ0n) is 9.52. The van der Waals surface area contributed by atoms with Crippen molar-refractivity contribution >= 4 is 5.57 Å². The smallest absolute Gasteiger partial charge is 0.0112 e. The Hall–Kier alpha value is -1.08. The maximum absolute atomic E-state index is 5.51. The van der Waals surface area contributed by atoms with E-state index in [0.29, 0.717) is 6.54 Å². The van der Waals surface area contributed by atoms with E-state index < -0.39 is 0 Å². The molecule has 1 rings (SSSR count). The topological polar surface area (TPSA) is 26.0 Å². The van der Waals surface area contributed by atoms with E-state index in [1.165, 1.54) is 27.8 Å². The molecule has 0 aliphatic heterocycles. The molecular formula is C13H19N. The lowest BCUT2D eigenvalue weighted by atomic mass is 9.94. The summed E-state index contributed by atoms with van der Waals surface area (Å²) in [6.45, 7) is 9.21. The highest BCUT2D eigenvalue weighted by atomic mass is 14.5. The molecule has 1 nitrogen and oxygen atoms in total. The molecule has 0 aliphatic carbocycles. The summed E-state index contributed by atoms with van der Waals surface area (Å²) in [5.74, 6) is 0. The van der Waals surface area contributed by atoms with Crippen LogP contribution in [0.1, 0.15) is 29.2 Å². The van der Waals surface area contributed by atoms with E-state index >= 15 is 0 Å². The molecule has 1 aromatic carbocycles. The minimum absolute atomic E-state index is 0.609. The van der Waals surface area contributed by atoms with Crippen LogP contribution in [0.25, 0.3) is 5.57 Å². The number of allylic oxidation sites excluding steroid dienone is 1. The van der Waals surface area contributed by atoms with Crippen molar-refractivity contribution in [2.45, 2.75) is 27.7 Å². The van der Waals surface area contributed by atoms with Gasteiger partial charge in [-0.2, -0.15) is 0 Å². The van der Waals surface area contributed by atoms with Gasteiger partial charge in [0, 0.05) is 6.54 Å². The van der Waals surface area contributed by atoms with E-state index in [0.717, 1.165) is 0 Å². The van der Waals surface area contributed by atoms with E-state index in [1.807, 2.05) is 0 Å². The summed E-state index contributed by atoms with van der Waals surface area (Å²) in [4.78, 5) is 0. The van der Waals surface area contributed by atoms with Crippen LogP contribution in [0.15, 0.2) is 18.2 Å². The zero-order chi connectivity index (χ0) is 10.7. The molecule has 0 radical (unpaired) electrons. The van der Waals surface area contributed by atoms with Gasteiger partial charge >= 0.3 is 0 Å². The van der Waals surface area contributed by atoms with Crippen LogP contribution in [0.2, 0.25) is 0 Å². The maximum Gasteiger partial charge on any atom is 0.0112 e. The van der Waals surface area contributed by atoms with Crippen molar-refractivity contribution < 1.29 is 0 Å². The number of aryl methyl sites for hydroxylation is 1. The first-order chi connectivity index (χ1) is 6.57. The zero-order valence-corrected chi connectivity index (χ0v) is 9.52. The fourth-order valence-electron chi connectivity index (χ4n) is 1.67. The highest BCUT2D eigenvalue weighted by Gasteiger charge is 2.04. The van der Waals surface area contributed by atoms with Crippen LogP contribution in [0.5, 0.6) is 0 Å². The first-order valence-corrected chi connectivity index (χ1v) is 5.02. The van der Waals surface area contributed by atoms with Crippen LogP contribution in [-0.4, -0.2) is 6.54 Å². The fraction of sp³-hybridized carbons (Fsp3) is 0.385. The third-order valence-electron chi connectivity index (χ3n) is 2.91. The molecule has 0 fully saturated rings. The monoisotopic (exact) mass is 189 g/mol. The Balaban J connectivity index is 3.24.